The molecule has 0 saturated carbocycles. The molecular formula is C19H23ClN3O2+. The number of benzene rings is 2. The molecule has 2 N–H and O–H groups in total. The summed E-state index contributed by atoms with van der Waals surface area (Å²) >= 11 is 6.02. The Morgan fingerprint density at radius 2 is 1.92 bits per heavy atom. The quantitative estimate of drug-likeness (QED) is 0.878. The predicted molar refractivity (Wildman–Crippen MR) is 99.4 cm³/mol. The van der Waals surface area contributed by atoms with Crippen molar-refractivity contribution in [2.24, 2.45) is 0 Å². The highest BCUT2D eigenvalue weighted by molar-refractivity contribution is 6.31. The molecule has 2 amide bonds. The zero-order valence-corrected chi connectivity index (χ0v) is 15.1. The molecule has 2 aromatic rings. The second-order valence-electron chi connectivity index (χ2n) is 6.17. The predicted octanol–water partition coefficient (Wildman–Crippen LogP) is 2.28. The lowest BCUT2D eigenvalue weighted by molar-refractivity contribution is -0.917. The van der Waals surface area contributed by atoms with Gasteiger partial charge in [0.1, 0.15) is 12.3 Å². The number of hydrogen-bond donors (Lipinski definition) is 2. The summed E-state index contributed by atoms with van der Waals surface area (Å²) in [4.78, 5) is 15.9. The lowest BCUT2D eigenvalue weighted by atomic mass is 10.2. The topological polar surface area (TPSA) is 46.0 Å². The zero-order valence-electron chi connectivity index (χ0n) is 14.3. The van der Waals surface area contributed by atoms with Gasteiger partial charge in [-0.2, -0.15) is 0 Å². The van der Waals surface area contributed by atoms with Crippen molar-refractivity contribution in [1.82, 2.24) is 4.90 Å². The molecule has 3 rings (SSSR count). The molecule has 1 aliphatic heterocycles. The molecule has 0 unspecified atom stereocenters. The highest BCUT2D eigenvalue weighted by Crippen LogP contribution is 2.27. The lowest BCUT2D eigenvalue weighted by Crippen LogP contribution is -3.13. The Balaban J connectivity index is 1.54. The second kappa shape index (κ2) is 8.23. The lowest BCUT2D eigenvalue weighted by Gasteiger charge is -2.32. The number of methoxy groups -OCH3 is 1. The number of urea groups is 1. The van der Waals surface area contributed by atoms with E-state index in [9.17, 15) is 4.79 Å². The molecule has 1 aliphatic rings. The van der Waals surface area contributed by atoms with E-state index in [0.717, 1.165) is 32.7 Å². The summed E-state index contributed by atoms with van der Waals surface area (Å²) in [6.07, 6.45) is 0. The van der Waals surface area contributed by atoms with Crippen LogP contribution >= 0.6 is 11.6 Å². The van der Waals surface area contributed by atoms with Gasteiger partial charge in [0.2, 0.25) is 0 Å². The van der Waals surface area contributed by atoms with Gasteiger partial charge in [0.05, 0.1) is 39.0 Å². The molecule has 2 aromatic carbocycles. The maximum Gasteiger partial charge on any atom is 0.322 e. The summed E-state index contributed by atoms with van der Waals surface area (Å²) in [5.74, 6) is 0.603. The molecule has 1 heterocycles. The first-order valence-electron chi connectivity index (χ1n) is 8.42. The average Bonchev–Trinajstić information content (AvgIpc) is 2.63. The first-order chi connectivity index (χ1) is 12.2. The molecule has 5 nitrogen and oxygen atoms in total. The van der Waals surface area contributed by atoms with E-state index in [2.05, 4.69) is 29.6 Å². The molecule has 0 aliphatic carbocycles. The van der Waals surface area contributed by atoms with Crippen LogP contribution < -0.4 is 15.0 Å². The molecule has 1 fully saturated rings. The van der Waals surface area contributed by atoms with Crippen molar-refractivity contribution in [3.63, 3.8) is 0 Å². The Labute approximate surface area is 153 Å². The fraction of sp³-hybridized carbons (Fsp3) is 0.316. The van der Waals surface area contributed by atoms with Gasteiger partial charge in [-0.05, 0) is 18.2 Å². The Kier molecular flexibility index (Phi) is 5.79. The molecule has 0 aromatic heterocycles. The summed E-state index contributed by atoms with van der Waals surface area (Å²) in [7, 11) is 1.57. The molecular weight excluding hydrogens is 338 g/mol. The summed E-state index contributed by atoms with van der Waals surface area (Å²) in [6, 6.07) is 15.5. The Morgan fingerprint density at radius 1 is 1.20 bits per heavy atom. The van der Waals surface area contributed by atoms with Crippen LogP contribution in [0.25, 0.3) is 0 Å². The number of hydrogen-bond acceptors (Lipinski definition) is 2. The van der Waals surface area contributed by atoms with Crippen molar-refractivity contribution in [2.45, 2.75) is 6.54 Å². The molecule has 1 saturated heterocycles. The van der Waals surface area contributed by atoms with Gasteiger partial charge in [-0.15, -0.1) is 0 Å². The van der Waals surface area contributed by atoms with E-state index in [1.54, 1.807) is 25.3 Å². The minimum atomic E-state index is -0.112. The molecule has 25 heavy (non-hydrogen) atoms. The maximum absolute atomic E-state index is 12.5. The van der Waals surface area contributed by atoms with Crippen LogP contribution in [0.2, 0.25) is 5.02 Å². The number of halogens is 1. The van der Waals surface area contributed by atoms with Crippen molar-refractivity contribution < 1.29 is 14.4 Å². The van der Waals surface area contributed by atoms with Crippen molar-refractivity contribution in [2.75, 3.05) is 38.6 Å². The van der Waals surface area contributed by atoms with Crippen LogP contribution in [-0.2, 0) is 6.54 Å². The fourth-order valence-electron chi connectivity index (χ4n) is 3.06. The third kappa shape index (κ3) is 4.65. The van der Waals surface area contributed by atoms with Crippen LogP contribution in [0.4, 0.5) is 10.5 Å². The number of anilines is 1. The largest absolute Gasteiger partial charge is 0.495 e. The van der Waals surface area contributed by atoms with E-state index in [1.165, 1.54) is 10.5 Å². The van der Waals surface area contributed by atoms with Gasteiger partial charge in [0, 0.05) is 10.6 Å². The van der Waals surface area contributed by atoms with Gasteiger partial charge in [-0.1, -0.05) is 41.9 Å². The minimum absolute atomic E-state index is 0.112. The number of quaternary nitrogens is 1. The number of carbonyl (C=O) groups excluding carboxylic acids is 1. The van der Waals surface area contributed by atoms with Crippen LogP contribution in [0.3, 0.4) is 0 Å². The van der Waals surface area contributed by atoms with Crippen LogP contribution in [0.1, 0.15) is 5.56 Å². The summed E-state index contributed by atoms with van der Waals surface area (Å²) in [6.45, 7) is 4.34. The van der Waals surface area contributed by atoms with E-state index < -0.39 is 0 Å². The standard InChI is InChI=1S/C19H22ClN3O2/c1-25-18-8-7-16(20)13-17(18)21-19(24)23-11-9-22(10-12-23)14-15-5-3-2-4-6-15/h2-8,13H,9-12,14H2,1H3,(H,21,24)/p+1. The second-order valence-corrected chi connectivity index (χ2v) is 6.61. The first kappa shape index (κ1) is 17.6. The van der Waals surface area contributed by atoms with Gasteiger partial charge in [-0.3, -0.25) is 0 Å². The SMILES string of the molecule is COc1ccc(Cl)cc1NC(=O)N1CC[NH+](Cc2ccccc2)CC1. The van der Waals surface area contributed by atoms with Crippen molar-refractivity contribution in [1.29, 1.82) is 0 Å². The van der Waals surface area contributed by atoms with Crippen LogP contribution in [0.15, 0.2) is 48.5 Å². The van der Waals surface area contributed by atoms with Crippen molar-refractivity contribution in [3.05, 3.63) is 59.1 Å². The van der Waals surface area contributed by atoms with Crippen molar-refractivity contribution >= 4 is 23.3 Å². The zero-order chi connectivity index (χ0) is 17.6. The number of amides is 2. The van der Waals surface area contributed by atoms with Gasteiger partial charge in [0.25, 0.3) is 0 Å². The van der Waals surface area contributed by atoms with E-state index in [0.29, 0.717) is 16.5 Å². The van der Waals surface area contributed by atoms with E-state index >= 15 is 0 Å². The number of piperazine rings is 1. The molecule has 0 atom stereocenters. The highest BCUT2D eigenvalue weighted by atomic mass is 35.5. The Morgan fingerprint density at radius 3 is 2.60 bits per heavy atom. The number of carbonyl (C=O) groups is 1. The smallest absolute Gasteiger partial charge is 0.322 e. The van der Waals surface area contributed by atoms with Crippen LogP contribution in [-0.4, -0.2) is 44.2 Å². The maximum atomic E-state index is 12.5. The van der Waals surface area contributed by atoms with Crippen LogP contribution in [0.5, 0.6) is 5.75 Å². The Hall–Kier alpha value is -2.24. The first-order valence-corrected chi connectivity index (χ1v) is 8.80. The highest BCUT2D eigenvalue weighted by Gasteiger charge is 2.24. The normalized spacial score (nSPS) is 15.0. The van der Waals surface area contributed by atoms with Gasteiger partial charge in [0.15, 0.2) is 0 Å². The molecule has 132 valence electrons. The number of nitrogens with zero attached hydrogens (tertiary/aromatic N) is 1. The third-order valence-corrected chi connectivity index (χ3v) is 4.69. The number of rotatable bonds is 4. The van der Waals surface area contributed by atoms with Gasteiger partial charge < -0.3 is 19.9 Å². The van der Waals surface area contributed by atoms with Crippen LogP contribution in [0, 0.1) is 0 Å². The molecule has 0 bridgehead atoms. The molecule has 0 radical (unpaired) electrons. The molecule has 0 spiro atoms. The average molecular weight is 361 g/mol. The van der Waals surface area contributed by atoms with E-state index in [4.69, 9.17) is 16.3 Å². The fourth-order valence-corrected chi connectivity index (χ4v) is 3.23. The summed E-state index contributed by atoms with van der Waals surface area (Å²) in [5, 5.41) is 3.47. The van der Waals surface area contributed by atoms with E-state index in [-0.39, 0.29) is 6.03 Å². The Bertz CT molecular complexity index is 716. The summed E-state index contributed by atoms with van der Waals surface area (Å²) in [5.41, 5.74) is 1.93. The van der Waals surface area contributed by atoms with Gasteiger partial charge in [-0.25, -0.2) is 4.79 Å². The molecule has 6 heteroatoms. The monoisotopic (exact) mass is 360 g/mol. The van der Waals surface area contributed by atoms with E-state index in [1.807, 2.05) is 11.0 Å². The third-order valence-electron chi connectivity index (χ3n) is 4.46. The number of nitrogens with one attached hydrogen (secondary N) is 2. The van der Waals surface area contributed by atoms with Crippen molar-refractivity contribution in [3.8, 4) is 5.75 Å². The minimum Gasteiger partial charge on any atom is -0.495 e. The number of ether oxygens (including phenoxy) is 1. The van der Waals surface area contributed by atoms with Gasteiger partial charge >= 0.3 is 6.03 Å². The summed E-state index contributed by atoms with van der Waals surface area (Å²) < 4.78 is 5.28.